The Morgan fingerprint density at radius 1 is 0.964 bits per heavy atom. The number of para-hydroxylation sites is 2. The number of benzene rings is 3. The van der Waals surface area contributed by atoms with Crippen molar-refractivity contribution >= 4 is 23.0 Å². The summed E-state index contributed by atoms with van der Waals surface area (Å²) in [5.41, 5.74) is 5.66. The number of amides is 1. The van der Waals surface area contributed by atoms with Gasteiger partial charge in [-0.05, 0) is 54.4 Å². The van der Waals surface area contributed by atoms with E-state index in [1.165, 1.54) is 5.56 Å². The fourth-order valence-electron chi connectivity index (χ4n) is 3.34. The average Bonchev–Trinajstić information content (AvgIpc) is 2.86. The number of hydrogen-bond donors (Lipinski definition) is 0. The zero-order valence-electron chi connectivity index (χ0n) is 16.1. The minimum Gasteiger partial charge on any atom is -0.497 e. The van der Waals surface area contributed by atoms with Crippen LogP contribution in [-0.2, 0) is 11.3 Å². The van der Waals surface area contributed by atoms with Gasteiger partial charge in [-0.25, -0.2) is 0 Å². The molecule has 140 valence electrons. The van der Waals surface area contributed by atoms with Gasteiger partial charge in [-0.2, -0.15) is 0 Å². The normalized spacial score (nSPS) is 13.6. The first kappa shape index (κ1) is 18.0. The van der Waals surface area contributed by atoms with Crippen molar-refractivity contribution in [1.82, 2.24) is 0 Å². The predicted octanol–water partition coefficient (Wildman–Crippen LogP) is 5.06. The number of ether oxygens (including phenoxy) is 1. The number of hydrogen-bond acceptors (Lipinski definition) is 3. The maximum atomic E-state index is 13.2. The molecule has 0 radical (unpaired) electrons. The van der Waals surface area contributed by atoms with Crippen molar-refractivity contribution in [1.29, 1.82) is 0 Å². The van der Waals surface area contributed by atoms with E-state index in [1.807, 2.05) is 53.4 Å². The SMILES string of the molecule is COc1ccc(C2=Nc3ccccc3N(Cc3ccc(C)cc3)C(=O)C2)cc1. The molecular formula is C24H22N2O2. The van der Waals surface area contributed by atoms with Crippen molar-refractivity contribution < 1.29 is 9.53 Å². The lowest BCUT2D eigenvalue weighted by atomic mass is 10.1. The molecule has 1 amide bonds. The predicted molar refractivity (Wildman–Crippen MR) is 113 cm³/mol. The van der Waals surface area contributed by atoms with E-state index in [-0.39, 0.29) is 12.3 Å². The Morgan fingerprint density at radius 3 is 2.39 bits per heavy atom. The quantitative estimate of drug-likeness (QED) is 0.644. The standard InChI is InChI=1S/C24H22N2O2/c1-17-7-9-18(10-8-17)16-26-23-6-4-3-5-21(23)25-22(15-24(26)27)19-11-13-20(28-2)14-12-19/h3-14H,15-16H2,1-2H3. The summed E-state index contributed by atoms with van der Waals surface area (Å²) >= 11 is 0. The van der Waals surface area contributed by atoms with Crippen LogP contribution < -0.4 is 9.64 Å². The van der Waals surface area contributed by atoms with Gasteiger partial charge in [0.2, 0.25) is 5.91 Å². The lowest BCUT2D eigenvalue weighted by Gasteiger charge is -2.22. The molecule has 4 rings (SSSR count). The highest BCUT2D eigenvalue weighted by atomic mass is 16.5. The van der Waals surface area contributed by atoms with Gasteiger partial charge in [0.15, 0.2) is 0 Å². The number of nitrogens with zero attached hydrogens (tertiary/aromatic N) is 2. The molecule has 4 heteroatoms. The second-order valence-electron chi connectivity index (χ2n) is 6.92. The summed E-state index contributed by atoms with van der Waals surface area (Å²) in [5, 5.41) is 0. The van der Waals surface area contributed by atoms with Crippen LogP contribution in [-0.4, -0.2) is 18.7 Å². The summed E-state index contributed by atoms with van der Waals surface area (Å²) in [6.45, 7) is 2.59. The fourth-order valence-corrected chi connectivity index (χ4v) is 3.34. The lowest BCUT2D eigenvalue weighted by molar-refractivity contribution is -0.117. The third kappa shape index (κ3) is 3.67. The molecule has 0 bridgehead atoms. The zero-order chi connectivity index (χ0) is 19.5. The van der Waals surface area contributed by atoms with Crippen LogP contribution in [0.5, 0.6) is 5.75 Å². The second kappa shape index (κ2) is 7.69. The molecule has 4 nitrogen and oxygen atoms in total. The van der Waals surface area contributed by atoms with Gasteiger partial charge in [0.1, 0.15) is 5.75 Å². The van der Waals surface area contributed by atoms with Gasteiger partial charge in [-0.15, -0.1) is 0 Å². The summed E-state index contributed by atoms with van der Waals surface area (Å²) in [5.74, 6) is 0.825. The van der Waals surface area contributed by atoms with Crippen molar-refractivity contribution in [2.24, 2.45) is 4.99 Å². The van der Waals surface area contributed by atoms with E-state index in [1.54, 1.807) is 7.11 Å². The Labute approximate surface area is 165 Å². The number of aryl methyl sites for hydroxylation is 1. The summed E-state index contributed by atoms with van der Waals surface area (Å²) in [4.78, 5) is 19.8. The van der Waals surface area contributed by atoms with E-state index in [0.29, 0.717) is 6.54 Å². The molecule has 0 spiro atoms. The van der Waals surface area contributed by atoms with Crippen molar-refractivity contribution in [3.05, 3.63) is 89.5 Å². The molecule has 3 aromatic rings. The van der Waals surface area contributed by atoms with Gasteiger partial charge in [-0.1, -0.05) is 42.0 Å². The summed E-state index contributed by atoms with van der Waals surface area (Å²) in [6, 6.07) is 23.8. The lowest BCUT2D eigenvalue weighted by Crippen LogP contribution is -2.31. The Morgan fingerprint density at radius 2 is 1.68 bits per heavy atom. The molecule has 0 aliphatic carbocycles. The Balaban J connectivity index is 1.70. The number of fused-ring (bicyclic) bond motifs is 1. The molecule has 0 saturated carbocycles. The van der Waals surface area contributed by atoms with Crippen molar-refractivity contribution in [2.75, 3.05) is 12.0 Å². The van der Waals surface area contributed by atoms with Gasteiger partial charge in [0.25, 0.3) is 0 Å². The average molecular weight is 370 g/mol. The van der Waals surface area contributed by atoms with E-state index in [2.05, 4.69) is 31.2 Å². The molecule has 0 N–H and O–H groups in total. The Bertz CT molecular complexity index is 1020. The van der Waals surface area contributed by atoms with E-state index >= 15 is 0 Å². The van der Waals surface area contributed by atoms with Crippen LogP contribution in [0.2, 0.25) is 0 Å². The number of rotatable bonds is 4. The van der Waals surface area contributed by atoms with Crippen LogP contribution in [0.15, 0.2) is 77.8 Å². The second-order valence-corrected chi connectivity index (χ2v) is 6.92. The Kier molecular flexibility index (Phi) is 4.94. The van der Waals surface area contributed by atoms with Crippen molar-refractivity contribution in [3.63, 3.8) is 0 Å². The van der Waals surface area contributed by atoms with E-state index < -0.39 is 0 Å². The van der Waals surface area contributed by atoms with Gasteiger partial charge in [0, 0.05) is 0 Å². The van der Waals surface area contributed by atoms with E-state index in [0.717, 1.165) is 34.0 Å². The highest BCUT2D eigenvalue weighted by Gasteiger charge is 2.25. The zero-order valence-corrected chi connectivity index (χ0v) is 16.1. The van der Waals surface area contributed by atoms with Gasteiger partial charge >= 0.3 is 0 Å². The number of carbonyl (C=O) groups excluding carboxylic acids is 1. The molecule has 0 unspecified atom stereocenters. The van der Waals surface area contributed by atoms with Crippen LogP contribution in [0, 0.1) is 6.92 Å². The first-order valence-corrected chi connectivity index (χ1v) is 9.31. The van der Waals surface area contributed by atoms with E-state index in [9.17, 15) is 4.79 Å². The molecule has 28 heavy (non-hydrogen) atoms. The number of anilines is 1. The first-order chi connectivity index (χ1) is 13.6. The van der Waals surface area contributed by atoms with Crippen LogP contribution >= 0.6 is 0 Å². The topological polar surface area (TPSA) is 41.9 Å². The number of aliphatic imine (C=N–C) groups is 1. The summed E-state index contributed by atoms with van der Waals surface area (Å²) in [7, 11) is 1.64. The maximum Gasteiger partial charge on any atom is 0.233 e. The van der Waals surface area contributed by atoms with Crippen LogP contribution in [0.25, 0.3) is 0 Å². The fraction of sp³-hybridized carbons (Fsp3) is 0.167. The third-order valence-corrected chi connectivity index (χ3v) is 4.93. The van der Waals surface area contributed by atoms with Gasteiger partial charge in [-0.3, -0.25) is 9.79 Å². The van der Waals surface area contributed by atoms with Crippen LogP contribution in [0.4, 0.5) is 11.4 Å². The molecule has 0 atom stereocenters. The minimum absolute atomic E-state index is 0.0418. The molecular weight excluding hydrogens is 348 g/mol. The summed E-state index contributed by atoms with van der Waals surface area (Å²) in [6.07, 6.45) is 0.257. The van der Waals surface area contributed by atoms with Gasteiger partial charge < -0.3 is 9.64 Å². The molecule has 1 aliphatic rings. The summed E-state index contributed by atoms with van der Waals surface area (Å²) < 4.78 is 5.24. The van der Waals surface area contributed by atoms with Crippen LogP contribution in [0.1, 0.15) is 23.1 Å². The van der Waals surface area contributed by atoms with Crippen molar-refractivity contribution in [3.8, 4) is 5.75 Å². The maximum absolute atomic E-state index is 13.2. The molecule has 1 heterocycles. The minimum atomic E-state index is 0.0418. The van der Waals surface area contributed by atoms with Gasteiger partial charge in [0.05, 0.1) is 37.2 Å². The smallest absolute Gasteiger partial charge is 0.233 e. The first-order valence-electron chi connectivity index (χ1n) is 9.31. The monoisotopic (exact) mass is 370 g/mol. The molecule has 3 aromatic carbocycles. The largest absolute Gasteiger partial charge is 0.497 e. The van der Waals surface area contributed by atoms with E-state index in [4.69, 9.17) is 9.73 Å². The number of carbonyl (C=O) groups is 1. The molecule has 0 saturated heterocycles. The Hall–Kier alpha value is -3.40. The highest BCUT2D eigenvalue weighted by Crippen LogP contribution is 2.34. The van der Waals surface area contributed by atoms with Crippen LogP contribution in [0.3, 0.4) is 0 Å². The third-order valence-electron chi connectivity index (χ3n) is 4.93. The van der Waals surface area contributed by atoms with Crippen molar-refractivity contribution in [2.45, 2.75) is 19.9 Å². The molecule has 0 fully saturated rings. The molecule has 0 aromatic heterocycles. The molecule has 1 aliphatic heterocycles. The number of methoxy groups -OCH3 is 1. The highest BCUT2D eigenvalue weighted by molar-refractivity contribution is 6.17.